The van der Waals surface area contributed by atoms with E-state index in [4.69, 9.17) is 9.47 Å². The molecule has 1 saturated heterocycles. The molecule has 1 heterocycles. The number of methoxy groups -OCH3 is 2. The van der Waals surface area contributed by atoms with Gasteiger partial charge >= 0.3 is 11.9 Å². The molecule has 0 unspecified atom stereocenters. The van der Waals surface area contributed by atoms with Crippen molar-refractivity contribution in [2.75, 3.05) is 14.2 Å². The standard InChI is InChI=1S/C17H19NO6/c1-10(12-8-6-5-7-9-12)18-14(20)13(11(2)19)17(18,15(21)23-3)16(22)24-4/h5-10,13H,1-4H3/t10-,13-/m1/s1. The molecule has 0 aliphatic carbocycles. The third-order valence-electron chi connectivity index (χ3n) is 4.35. The highest BCUT2D eigenvalue weighted by Crippen LogP contribution is 2.46. The summed E-state index contributed by atoms with van der Waals surface area (Å²) >= 11 is 0. The highest BCUT2D eigenvalue weighted by molar-refractivity contribution is 6.24. The first-order chi connectivity index (χ1) is 11.3. The van der Waals surface area contributed by atoms with Crippen molar-refractivity contribution in [3.63, 3.8) is 0 Å². The quantitative estimate of drug-likeness (QED) is 0.451. The summed E-state index contributed by atoms with van der Waals surface area (Å²) in [7, 11) is 2.19. The number of carbonyl (C=O) groups excluding carboxylic acids is 4. The predicted molar refractivity (Wildman–Crippen MR) is 82.6 cm³/mol. The van der Waals surface area contributed by atoms with Crippen LogP contribution in [0, 0.1) is 5.92 Å². The van der Waals surface area contributed by atoms with Crippen molar-refractivity contribution >= 4 is 23.6 Å². The van der Waals surface area contributed by atoms with Gasteiger partial charge in [-0.1, -0.05) is 30.3 Å². The fourth-order valence-electron chi connectivity index (χ4n) is 3.24. The van der Waals surface area contributed by atoms with Gasteiger partial charge in [-0.2, -0.15) is 0 Å². The molecule has 1 fully saturated rings. The van der Waals surface area contributed by atoms with Crippen LogP contribution in [0.3, 0.4) is 0 Å². The van der Waals surface area contributed by atoms with E-state index in [-0.39, 0.29) is 0 Å². The summed E-state index contributed by atoms with van der Waals surface area (Å²) in [4.78, 5) is 50.5. The monoisotopic (exact) mass is 333 g/mol. The lowest BCUT2D eigenvalue weighted by molar-refractivity contribution is -0.206. The first kappa shape index (κ1) is 17.7. The van der Waals surface area contributed by atoms with Gasteiger partial charge in [0.25, 0.3) is 5.54 Å². The van der Waals surface area contributed by atoms with Gasteiger partial charge in [0.2, 0.25) is 5.91 Å². The predicted octanol–water partition coefficient (Wildman–Crippen LogP) is 0.880. The molecule has 128 valence electrons. The lowest BCUT2D eigenvalue weighted by Gasteiger charge is -2.54. The van der Waals surface area contributed by atoms with Gasteiger partial charge < -0.3 is 14.4 Å². The number of ether oxygens (including phenoxy) is 2. The Morgan fingerprint density at radius 2 is 1.58 bits per heavy atom. The second-order valence-electron chi connectivity index (χ2n) is 5.59. The van der Waals surface area contributed by atoms with Crippen LogP contribution in [0.25, 0.3) is 0 Å². The zero-order valence-corrected chi connectivity index (χ0v) is 13.9. The van der Waals surface area contributed by atoms with Gasteiger partial charge in [0.15, 0.2) is 0 Å². The van der Waals surface area contributed by atoms with Gasteiger partial charge in [0, 0.05) is 0 Å². The minimum Gasteiger partial charge on any atom is -0.467 e. The van der Waals surface area contributed by atoms with Gasteiger partial charge in [-0.25, -0.2) is 9.59 Å². The maximum absolute atomic E-state index is 12.6. The number of Topliss-reactive ketones (excluding diaryl/α,β-unsaturated/α-hetero) is 1. The Bertz CT molecular complexity index is 668. The summed E-state index contributed by atoms with van der Waals surface area (Å²) in [5.74, 6) is -4.61. The molecule has 24 heavy (non-hydrogen) atoms. The number of benzene rings is 1. The largest absolute Gasteiger partial charge is 0.467 e. The second-order valence-corrected chi connectivity index (χ2v) is 5.59. The molecule has 2 atom stereocenters. The molecule has 1 aliphatic rings. The number of likely N-dealkylation sites (tertiary alicyclic amines) is 1. The van der Waals surface area contributed by atoms with Crippen LogP contribution in [0.4, 0.5) is 0 Å². The van der Waals surface area contributed by atoms with Gasteiger partial charge in [-0.05, 0) is 19.4 Å². The fraction of sp³-hybridized carbons (Fsp3) is 0.412. The average Bonchev–Trinajstić information content (AvgIpc) is 2.58. The molecule has 2 rings (SSSR count). The van der Waals surface area contributed by atoms with Gasteiger partial charge in [-0.3, -0.25) is 9.59 Å². The minimum absolute atomic E-state index is 0.590. The van der Waals surface area contributed by atoms with Gasteiger partial charge in [-0.15, -0.1) is 0 Å². The summed E-state index contributed by atoms with van der Waals surface area (Å²) in [5.41, 5.74) is -1.38. The van der Waals surface area contributed by atoms with E-state index in [1.165, 1.54) is 0 Å². The number of hydrogen-bond donors (Lipinski definition) is 0. The third kappa shape index (κ3) is 2.28. The summed E-state index contributed by atoms with van der Waals surface area (Å²) in [5, 5.41) is 0. The Morgan fingerprint density at radius 1 is 1.08 bits per heavy atom. The molecule has 0 aromatic heterocycles. The Balaban J connectivity index is 2.59. The van der Waals surface area contributed by atoms with Crippen molar-refractivity contribution in [2.24, 2.45) is 5.92 Å². The summed E-state index contributed by atoms with van der Waals surface area (Å²) < 4.78 is 9.48. The summed E-state index contributed by atoms with van der Waals surface area (Å²) in [6, 6.07) is 8.26. The molecule has 7 heteroatoms. The molecule has 1 amide bonds. The molecular formula is C17H19NO6. The third-order valence-corrected chi connectivity index (χ3v) is 4.35. The molecular weight excluding hydrogens is 314 g/mol. The van der Waals surface area contributed by atoms with E-state index in [9.17, 15) is 19.2 Å². The van der Waals surface area contributed by atoms with Crippen molar-refractivity contribution < 1.29 is 28.7 Å². The van der Waals surface area contributed by atoms with Gasteiger partial charge in [0.05, 0.1) is 20.3 Å². The van der Waals surface area contributed by atoms with Crippen LogP contribution >= 0.6 is 0 Å². The number of amides is 1. The molecule has 0 N–H and O–H groups in total. The molecule has 7 nitrogen and oxygen atoms in total. The van der Waals surface area contributed by atoms with E-state index in [1.807, 2.05) is 0 Å². The van der Waals surface area contributed by atoms with Crippen molar-refractivity contribution in [3.8, 4) is 0 Å². The molecule has 0 radical (unpaired) electrons. The van der Waals surface area contributed by atoms with Crippen LogP contribution in [0.5, 0.6) is 0 Å². The smallest absolute Gasteiger partial charge is 0.345 e. The lowest BCUT2D eigenvalue weighted by atomic mass is 9.69. The van der Waals surface area contributed by atoms with Crippen LogP contribution in [-0.4, -0.2) is 48.3 Å². The SMILES string of the molecule is COC(=O)C1(C(=O)OC)[C@H](C(C)=O)C(=O)N1[C@H](C)c1ccccc1. The first-order valence-corrected chi connectivity index (χ1v) is 7.39. The highest BCUT2D eigenvalue weighted by Gasteiger charge is 2.74. The van der Waals surface area contributed by atoms with E-state index >= 15 is 0 Å². The molecule has 0 saturated carbocycles. The number of rotatable bonds is 5. The Morgan fingerprint density at radius 3 is 2.00 bits per heavy atom. The molecule has 1 aliphatic heterocycles. The minimum atomic E-state index is -2.10. The summed E-state index contributed by atoms with van der Waals surface area (Å²) in [6.07, 6.45) is 0. The van der Waals surface area contributed by atoms with Crippen molar-refractivity contribution in [1.82, 2.24) is 4.90 Å². The van der Waals surface area contributed by atoms with Crippen molar-refractivity contribution in [2.45, 2.75) is 25.4 Å². The van der Waals surface area contributed by atoms with E-state index < -0.39 is 41.1 Å². The zero-order valence-electron chi connectivity index (χ0n) is 13.9. The second kappa shape index (κ2) is 6.43. The van der Waals surface area contributed by atoms with Crippen LogP contribution in [-0.2, 0) is 28.7 Å². The summed E-state index contributed by atoms with van der Waals surface area (Å²) in [6.45, 7) is 2.83. The van der Waals surface area contributed by atoms with Crippen LogP contribution in [0.15, 0.2) is 30.3 Å². The maximum atomic E-state index is 12.6. The molecule has 1 aromatic rings. The number of hydrogen-bond acceptors (Lipinski definition) is 6. The van der Waals surface area contributed by atoms with E-state index in [2.05, 4.69) is 0 Å². The number of ketones is 1. The molecule has 1 aromatic carbocycles. The van der Waals surface area contributed by atoms with Crippen molar-refractivity contribution in [1.29, 1.82) is 0 Å². The van der Waals surface area contributed by atoms with Crippen LogP contribution in [0.1, 0.15) is 25.5 Å². The number of nitrogens with zero attached hydrogens (tertiary/aromatic N) is 1. The van der Waals surface area contributed by atoms with E-state index in [0.29, 0.717) is 5.56 Å². The van der Waals surface area contributed by atoms with E-state index in [0.717, 1.165) is 26.0 Å². The normalized spacial score (nSPS) is 19.9. The highest BCUT2D eigenvalue weighted by atomic mass is 16.5. The fourth-order valence-corrected chi connectivity index (χ4v) is 3.24. The Kier molecular flexibility index (Phi) is 4.73. The average molecular weight is 333 g/mol. The Labute approximate surface area is 139 Å². The van der Waals surface area contributed by atoms with Crippen molar-refractivity contribution in [3.05, 3.63) is 35.9 Å². The van der Waals surface area contributed by atoms with Crippen LogP contribution < -0.4 is 0 Å². The zero-order chi connectivity index (χ0) is 18.1. The molecule has 0 bridgehead atoms. The Hall–Kier alpha value is -2.70. The number of carbonyl (C=O) groups is 4. The number of esters is 2. The first-order valence-electron chi connectivity index (χ1n) is 7.39. The van der Waals surface area contributed by atoms with Gasteiger partial charge in [0.1, 0.15) is 11.7 Å². The van der Waals surface area contributed by atoms with Crippen LogP contribution in [0.2, 0.25) is 0 Å². The maximum Gasteiger partial charge on any atom is 0.345 e. The topological polar surface area (TPSA) is 90.0 Å². The van der Waals surface area contributed by atoms with E-state index in [1.54, 1.807) is 37.3 Å². The molecule has 0 spiro atoms. The lowest BCUT2D eigenvalue weighted by Crippen LogP contribution is -2.80. The number of β-lactam (4-membered cyclic amide) rings is 1.